The predicted molar refractivity (Wildman–Crippen MR) is 68.8 cm³/mol. The van der Waals surface area contributed by atoms with Gasteiger partial charge in [-0.15, -0.1) is 0 Å². The molecule has 4 nitrogen and oxygen atoms in total. The highest BCUT2D eigenvalue weighted by Crippen LogP contribution is 2.63. The minimum absolute atomic E-state index is 0.0702. The van der Waals surface area contributed by atoms with Crippen LogP contribution in [0, 0.1) is 29.1 Å². The van der Waals surface area contributed by atoms with Gasteiger partial charge in [0.1, 0.15) is 5.78 Å². The molecule has 2 unspecified atom stereocenters. The number of rotatable bonds is 3. The predicted octanol–water partition coefficient (Wildman–Crippen LogP) is 3.72. The maximum absolute atomic E-state index is 12.1. The standard InChI is InChI=1S/C14H21N3O/c1-3-14(2)11(4-5-13(14)18)9-6-10-8(9)7-12(10)16-17-15/h8-12H,3-7H2,1-2H3/t8?,9-,10?,11+,12-,14+/m1/s1. The molecule has 0 N–H and O–H groups in total. The summed E-state index contributed by atoms with van der Waals surface area (Å²) in [5, 5.41) is 3.86. The fourth-order valence-corrected chi connectivity index (χ4v) is 4.74. The quantitative estimate of drug-likeness (QED) is 0.426. The van der Waals surface area contributed by atoms with Gasteiger partial charge in [0.15, 0.2) is 0 Å². The lowest BCUT2D eigenvalue weighted by atomic mass is 9.45. The van der Waals surface area contributed by atoms with E-state index in [9.17, 15) is 4.79 Å². The lowest BCUT2D eigenvalue weighted by Crippen LogP contribution is -2.57. The first-order chi connectivity index (χ1) is 8.61. The van der Waals surface area contributed by atoms with E-state index in [4.69, 9.17) is 5.53 Å². The lowest BCUT2D eigenvalue weighted by molar-refractivity contribution is -0.134. The molecule has 3 fully saturated rings. The van der Waals surface area contributed by atoms with Gasteiger partial charge in [-0.1, -0.05) is 19.0 Å². The maximum atomic E-state index is 12.1. The smallest absolute Gasteiger partial charge is 0.139 e. The van der Waals surface area contributed by atoms with Crippen molar-refractivity contribution in [2.24, 2.45) is 34.2 Å². The fraction of sp³-hybridized carbons (Fsp3) is 0.929. The Balaban J connectivity index is 1.69. The molecule has 3 rings (SSSR count). The fourth-order valence-electron chi connectivity index (χ4n) is 4.74. The number of azide groups is 1. The van der Waals surface area contributed by atoms with E-state index in [1.165, 1.54) is 6.42 Å². The van der Waals surface area contributed by atoms with Gasteiger partial charge in [-0.05, 0) is 54.9 Å². The van der Waals surface area contributed by atoms with Crippen molar-refractivity contribution < 1.29 is 4.79 Å². The van der Waals surface area contributed by atoms with Crippen molar-refractivity contribution in [3.05, 3.63) is 10.4 Å². The zero-order valence-corrected chi connectivity index (χ0v) is 11.2. The number of ketones is 1. The second kappa shape index (κ2) is 3.99. The van der Waals surface area contributed by atoms with E-state index in [0.29, 0.717) is 17.6 Å². The molecule has 0 amide bonds. The van der Waals surface area contributed by atoms with E-state index in [2.05, 4.69) is 23.9 Å². The van der Waals surface area contributed by atoms with Gasteiger partial charge in [0.25, 0.3) is 0 Å². The van der Waals surface area contributed by atoms with Crippen LogP contribution in [0.5, 0.6) is 0 Å². The number of hydrogen-bond acceptors (Lipinski definition) is 2. The third-order valence-corrected chi connectivity index (χ3v) is 6.24. The summed E-state index contributed by atoms with van der Waals surface area (Å²) in [6.07, 6.45) is 5.09. The molecule has 0 heterocycles. The van der Waals surface area contributed by atoms with Crippen molar-refractivity contribution in [2.45, 2.75) is 52.0 Å². The van der Waals surface area contributed by atoms with E-state index in [1.54, 1.807) is 0 Å². The molecule has 0 bridgehead atoms. The lowest BCUT2D eigenvalue weighted by Gasteiger charge is -2.60. The van der Waals surface area contributed by atoms with Crippen LogP contribution in [0.25, 0.3) is 10.4 Å². The summed E-state index contributed by atoms with van der Waals surface area (Å²) in [5.41, 5.74) is 8.41. The second-order valence-corrected chi connectivity index (χ2v) is 6.57. The van der Waals surface area contributed by atoms with Gasteiger partial charge < -0.3 is 0 Å². The summed E-state index contributed by atoms with van der Waals surface area (Å²) < 4.78 is 0. The molecule has 3 aliphatic rings. The average molecular weight is 247 g/mol. The number of hydrogen-bond donors (Lipinski definition) is 0. The Morgan fingerprint density at radius 1 is 1.39 bits per heavy atom. The molecular formula is C14H21N3O. The molecule has 6 atom stereocenters. The minimum atomic E-state index is -0.0702. The van der Waals surface area contributed by atoms with Gasteiger partial charge in [-0.25, -0.2) is 0 Å². The van der Waals surface area contributed by atoms with Gasteiger partial charge >= 0.3 is 0 Å². The summed E-state index contributed by atoms with van der Waals surface area (Å²) in [4.78, 5) is 15.0. The highest BCUT2D eigenvalue weighted by atomic mass is 16.1. The van der Waals surface area contributed by atoms with Crippen LogP contribution in [0.3, 0.4) is 0 Å². The Kier molecular flexibility index (Phi) is 2.67. The van der Waals surface area contributed by atoms with E-state index in [-0.39, 0.29) is 11.5 Å². The number of carbonyl (C=O) groups excluding carboxylic acids is 1. The van der Waals surface area contributed by atoms with Crippen LogP contribution in [0.1, 0.15) is 46.0 Å². The Bertz CT molecular complexity index is 429. The van der Waals surface area contributed by atoms with Gasteiger partial charge in [0.05, 0.1) is 0 Å². The third kappa shape index (κ3) is 1.38. The summed E-state index contributed by atoms with van der Waals surface area (Å²) in [6, 6.07) is 0.251. The molecule has 0 aromatic heterocycles. The first kappa shape index (κ1) is 12.0. The minimum Gasteiger partial charge on any atom is -0.299 e. The van der Waals surface area contributed by atoms with Crippen LogP contribution >= 0.6 is 0 Å². The molecule has 3 aliphatic carbocycles. The first-order valence-corrected chi connectivity index (χ1v) is 7.19. The topological polar surface area (TPSA) is 65.8 Å². The molecule has 0 aromatic rings. The zero-order valence-electron chi connectivity index (χ0n) is 11.2. The molecule has 18 heavy (non-hydrogen) atoms. The molecule has 0 spiro atoms. The Morgan fingerprint density at radius 3 is 2.72 bits per heavy atom. The number of nitrogens with zero attached hydrogens (tertiary/aromatic N) is 3. The van der Waals surface area contributed by atoms with Crippen LogP contribution in [-0.4, -0.2) is 11.8 Å². The van der Waals surface area contributed by atoms with Gasteiger partial charge in [0, 0.05) is 22.8 Å². The van der Waals surface area contributed by atoms with Crippen molar-refractivity contribution >= 4 is 5.78 Å². The first-order valence-electron chi connectivity index (χ1n) is 7.19. The Morgan fingerprint density at radius 2 is 2.17 bits per heavy atom. The van der Waals surface area contributed by atoms with E-state index < -0.39 is 0 Å². The van der Waals surface area contributed by atoms with Crippen molar-refractivity contribution in [1.82, 2.24) is 0 Å². The van der Waals surface area contributed by atoms with Crippen LogP contribution < -0.4 is 0 Å². The van der Waals surface area contributed by atoms with E-state index in [0.717, 1.165) is 37.5 Å². The zero-order chi connectivity index (χ0) is 12.9. The molecule has 0 radical (unpaired) electrons. The van der Waals surface area contributed by atoms with E-state index in [1.807, 2.05) is 0 Å². The second-order valence-electron chi connectivity index (χ2n) is 6.57. The van der Waals surface area contributed by atoms with Gasteiger partial charge in [0.2, 0.25) is 0 Å². The van der Waals surface area contributed by atoms with Crippen molar-refractivity contribution in [3.8, 4) is 0 Å². The van der Waals surface area contributed by atoms with Crippen LogP contribution in [0.2, 0.25) is 0 Å². The summed E-state index contributed by atoms with van der Waals surface area (Å²) in [7, 11) is 0. The van der Waals surface area contributed by atoms with Gasteiger partial charge in [-0.2, -0.15) is 0 Å². The number of carbonyl (C=O) groups is 1. The molecule has 98 valence electrons. The average Bonchev–Trinajstić information content (AvgIpc) is 2.64. The molecule has 0 saturated heterocycles. The largest absolute Gasteiger partial charge is 0.299 e. The number of fused-ring (bicyclic) bond motifs is 1. The molecular weight excluding hydrogens is 226 g/mol. The van der Waals surface area contributed by atoms with Crippen molar-refractivity contribution in [2.75, 3.05) is 0 Å². The summed E-state index contributed by atoms with van der Waals surface area (Å²) in [5.74, 6) is 3.15. The monoisotopic (exact) mass is 247 g/mol. The normalized spacial score (nSPS) is 49.9. The molecule has 4 heteroatoms. The highest BCUT2D eigenvalue weighted by molar-refractivity contribution is 5.87. The molecule has 0 aromatic carbocycles. The van der Waals surface area contributed by atoms with Crippen LogP contribution in [-0.2, 0) is 4.79 Å². The van der Waals surface area contributed by atoms with Crippen LogP contribution in [0.15, 0.2) is 5.11 Å². The Labute approximate surface area is 108 Å². The highest BCUT2D eigenvalue weighted by Gasteiger charge is 2.60. The summed E-state index contributed by atoms with van der Waals surface area (Å²) >= 11 is 0. The van der Waals surface area contributed by atoms with E-state index >= 15 is 0 Å². The Hall–Kier alpha value is -1.02. The van der Waals surface area contributed by atoms with Gasteiger partial charge in [-0.3, -0.25) is 4.79 Å². The molecule has 0 aliphatic heterocycles. The van der Waals surface area contributed by atoms with Crippen molar-refractivity contribution in [3.63, 3.8) is 0 Å². The number of Topliss-reactive ketones (excluding diaryl/α,β-unsaturated/α-hetero) is 1. The third-order valence-electron chi connectivity index (χ3n) is 6.24. The summed E-state index contributed by atoms with van der Waals surface area (Å²) in [6.45, 7) is 4.32. The SMILES string of the molecule is CC[C@]1(C)C(=O)CC[C@H]1[C@@H]1CC2C1C[C@H]2N=[N+]=[N-]. The molecule has 3 saturated carbocycles. The van der Waals surface area contributed by atoms with Crippen LogP contribution in [0.4, 0.5) is 0 Å². The maximum Gasteiger partial charge on any atom is 0.139 e. The van der Waals surface area contributed by atoms with Crippen molar-refractivity contribution in [1.29, 1.82) is 0 Å².